The zero-order valence-electron chi connectivity index (χ0n) is 12.0. The molecule has 2 aromatic rings. The van der Waals surface area contributed by atoms with Crippen LogP contribution in [0.15, 0.2) is 24.3 Å². The van der Waals surface area contributed by atoms with Gasteiger partial charge in [-0.2, -0.15) is 0 Å². The van der Waals surface area contributed by atoms with E-state index < -0.39 is 5.97 Å². The van der Waals surface area contributed by atoms with Crippen LogP contribution in [-0.4, -0.2) is 17.6 Å². The minimum atomic E-state index is -0.829. The van der Waals surface area contributed by atoms with Crippen molar-refractivity contribution in [1.29, 1.82) is 0 Å². The van der Waals surface area contributed by atoms with E-state index in [1.165, 1.54) is 17.8 Å². The summed E-state index contributed by atoms with van der Waals surface area (Å²) in [6, 6.07) is 7.89. The van der Waals surface area contributed by atoms with Gasteiger partial charge >= 0.3 is 5.97 Å². The van der Waals surface area contributed by atoms with E-state index in [0.29, 0.717) is 17.3 Å². The normalized spacial score (nSPS) is 11.3. The molecular weight excluding hydrogens is 270 g/mol. The second kappa shape index (κ2) is 6.86. The van der Waals surface area contributed by atoms with Crippen LogP contribution in [0.3, 0.4) is 0 Å². The number of hydrogen-bond donors (Lipinski definition) is 2. The standard InChI is InChI=1S/C16H21NO2S/c1-11(2)6-5-9-17-10-13-12-7-3-4-8-14(12)20-15(13)16(18)19/h3-4,7-8,11,17H,5-6,9-10H2,1-2H3,(H,18,19). The minimum absolute atomic E-state index is 0.461. The number of rotatable bonds is 7. The Morgan fingerprint density at radius 3 is 2.80 bits per heavy atom. The Morgan fingerprint density at radius 2 is 2.10 bits per heavy atom. The van der Waals surface area contributed by atoms with Crippen LogP contribution in [0.2, 0.25) is 0 Å². The monoisotopic (exact) mass is 291 g/mol. The van der Waals surface area contributed by atoms with Crippen molar-refractivity contribution in [2.45, 2.75) is 33.2 Å². The molecule has 0 saturated heterocycles. The molecule has 2 N–H and O–H groups in total. The summed E-state index contributed by atoms with van der Waals surface area (Å²) >= 11 is 1.36. The molecular formula is C16H21NO2S. The maximum Gasteiger partial charge on any atom is 0.346 e. The van der Waals surface area contributed by atoms with E-state index >= 15 is 0 Å². The molecule has 3 nitrogen and oxygen atoms in total. The summed E-state index contributed by atoms with van der Waals surface area (Å²) in [5, 5.41) is 13.8. The van der Waals surface area contributed by atoms with E-state index in [9.17, 15) is 9.90 Å². The second-order valence-corrected chi connectivity index (χ2v) is 6.48. The Kier molecular flexibility index (Phi) is 5.15. The highest BCUT2D eigenvalue weighted by Gasteiger charge is 2.16. The topological polar surface area (TPSA) is 49.3 Å². The first-order chi connectivity index (χ1) is 9.59. The van der Waals surface area contributed by atoms with Gasteiger partial charge in [-0.05, 0) is 42.3 Å². The number of thiophene rings is 1. The molecule has 0 aliphatic heterocycles. The molecule has 1 heterocycles. The smallest absolute Gasteiger partial charge is 0.346 e. The van der Waals surface area contributed by atoms with Crippen LogP contribution in [0.5, 0.6) is 0 Å². The van der Waals surface area contributed by atoms with Crippen LogP contribution >= 0.6 is 11.3 Å². The number of aromatic carboxylic acids is 1. The molecule has 1 aromatic carbocycles. The summed E-state index contributed by atoms with van der Waals surface area (Å²) in [5.41, 5.74) is 0.919. The fraction of sp³-hybridized carbons (Fsp3) is 0.438. The van der Waals surface area contributed by atoms with Gasteiger partial charge in [-0.3, -0.25) is 0 Å². The van der Waals surface area contributed by atoms with E-state index in [2.05, 4.69) is 19.2 Å². The highest BCUT2D eigenvalue weighted by atomic mass is 32.1. The zero-order chi connectivity index (χ0) is 14.5. The molecule has 0 fully saturated rings. The molecule has 0 radical (unpaired) electrons. The Bertz CT molecular complexity index is 589. The third-order valence-corrected chi connectivity index (χ3v) is 4.53. The number of carboxylic acid groups (broad SMARTS) is 1. The van der Waals surface area contributed by atoms with Gasteiger partial charge in [0.25, 0.3) is 0 Å². The van der Waals surface area contributed by atoms with Gasteiger partial charge in [0.1, 0.15) is 4.88 Å². The Hall–Kier alpha value is -1.39. The minimum Gasteiger partial charge on any atom is -0.477 e. The molecule has 20 heavy (non-hydrogen) atoms. The first-order valence-electron chi connectivity index (χ1n) is 7.04. The SMILES string of the molecule is CC(C)CCCNCc1c(C(=O)O)sc2ccccc12. The van der Waals surface area contributed by atoms with Crippen molar-refractivity contribution in [3.05, 3.63) is 34.7 Å². The molecule has 0 atom stereocenters. The van der Waals surface area contributed by atoms with Crippen molar-refractivity contribution in [1.82, 2.24) is 5.32 Å². The van der Waals surface area contributed by atoms with Crippen molar-refractivity contribution in [3.8, 4) is 0 Å². The number of carbonyl (C=O) groups is 1. The first kappa shape index (κ1) is 15.0. The number of benzene rings is 1. The fourth-order valence-electron chi connectivity index (χ4n) is 2.30. The van der Waals surface area contributed by atoms with E-state index in [0.717, 1.165) is 28.6 Å². The lowest BCUT2D eigenvalue weighted by atomic mass is 10.1. The van der Waals surface area contributed by atoms with Crippen LogP contribution in [0.4, 0.5) is 0 Å². The lowest BCUT2D eigenvalue weighted by molar-refractivity contribution is 0.0701. The van der Waals surface area contributed by atoms with E-state index in [-0.39, 0.29) is 0 Å². The third kappa shape index (κ3) is 3.58. The van der Waals surface area contributed by atoms with Gasteiger partial charge in [0.15, 0.2) is 0 Å². The average molecular weight is 291 g/mol. The lowest BCUT2D eigenvalue weighted by Gasteiger charge is -2.07. The Labute approximate surface area is 123 Å². The maximum atomic E-state index is 11.4. The molecule has 0 aliphatic rings. The highest BCUT2D eigenvalue weighted by Crippen LogP contribution is 2.31. The third-order valence-electron chi connectivity index (χ3n) is 3.33. The van der Waals surface area contributed by atoms with E-state index in [1.54, 1.807) is 0 Å². The molecule has 1 aromatic heterocycles. The van der Waals surface area contributed by atoms with Gasteiger partial charge in [-0.15, -0.1) is 11.3 Å². The molecule has 0 bridgehead atoms. The average Bonchev–Trinajstić information content (AvgIpc) is 2.77. The maximum absolute atomic E-state index is 11.4. The largest absolute Gasteiger partial charge is 0.477 e. The van der Waals surface area contributed by atoms with Gasteiger partial charge in [-0.1, -0.05) is 32.0 Å². The molecule has 0 unspecified atom stereocenters. The first-order valence-corrected chi connectivity index (χ1v) is 7.85. The summed E-state index contributed by atoms with van der Waals surface area (Å²) in [4.78, 5) is 11.8. The second-order valence-electron chi connectivity index (χ2n) is 5.42. The Balaban J connectivity index is 2.08. The van der Waals surface area contributed by atoms with Crippen molar-refractivity contribution in [2.75, 3.05) is 6.54 Å². The predicted octanol–water partition coefficient (Wildman–Crippen LogP) is 4.13. The zero-order valence-corrected chi connectivity index (χ0v) is 12.8. The molecule has 0 spiro atoms. The van der Waals surface area contributed by atoms with Gasteiger partial charge in [0.2, 0.25) is 0 Å². The van der Waals surface area contributed by atoms with Crippen LogP contribution in [-0.2, 0) is 6.54 Å². The highest BCUT2D eigenvalue weighted by molar-refractivity contribution is 7.21. The quantitative estimate of drug-likeness (QED) is 0.754. The molecule has 0 aliphatic carbocycles. The molecule has 2 rings (SSSR count). The summed E-state index contributed by atoms with van der Waals surface area (Å²) < 4.78 is 1.05. The van der Waals surface area contributed by atoms with Gasteiger partial charge in [-0.25, -0.2) is 4.79 Å². The van der Waals surface area contributed by atoms with Crippen LogP contribution in [0.25, 0.3) is 10.1 Å². The van der Waals surface area contributed by atoms with Gasteiger partial charge in [0.05, 0.1) is 0 Å². The molecule has 0 amide bonds. The van der Waals surface area contributed by atoms with Crippen molar-refractivity contribution in [3.63, 3.8) is 0 Å². The molecule has 4 heteroatoms. The summed E-state index contributed by atoms with van der Waals surface area (Å²) in [6.07, 6.45) is 2.32. The van der Waals surface area contributed by atoms with Gasteiger partial charge < -0.3 is 10.4 Å². The summed E-state index contributed by atoms with van der Waals surface area (Å²) in [5.74, 6) is -0.112. The van der Waals surface area contributed by atoms with Crippen molar-refractivity contribution < 1.29 is 9.90 Å². The molecule has 0 saturated carbocycles. The molecule has 108 valence electrons. The van der Waals surface area contributed by atoms with Crippen molar-refractivity contribution in [2.24, 2.45) is 5.92 Å². The van der Waals surface area contributed by atoms with Crippen LogP contribution in [0.1, 0.15) is 41.9 Å². The predicted molar refractivity (Wildman–Crippen MR) is 84.6 cm³/mol. The van der Waals surface area contributed by atoms with Crippen LogP contribution in [0, 0.1) is 5.92 Å². The summed E-state index contributed by atoms with van der Waals surface area (Å²) in [7, 11) is 0. The Morgan fingerprint density at radius 1 is 1.35 bits per heavy atom. The lowest BCUT2D eigenvalue weighted by Crippen LogP contribution is -2.16. The van der Waals surface area contributed by atoms with Crippen LogP contribution < -0.4 is 5.32 Å². The number of carboxylic acids is 1. The summed E-state index contributed by atoms with van der Waals surface area (Å²) in [6.45, 7) is 6.00. The van der Waals surface area contributed by atoms with E-state index in [1.807, 2.05) is 24.3 Å². The number of fused-ring (bicyclic) bond motifs is 1. The van der Waals surface area contributed by atoms with E-state index in [4.69, 9.17) is 0 Å². The fourth-order valence-corrected chi connectivity index (χ4v) is 3.36. The van der Waals surface area contributed by atoms with Gasteiger partial charge in [0, 0.05) is 11.2 Å². The van der Waals surface area contributed by atoms with Crippen molar-refractivity contribution >= 4 is 27.4 Å². The number of nitrogens with one attached hydrogen (secondary N) is 1. The number of hydrogen-bond acceptors (Lipinski definition) is 3.